The van der Waals surface area contributed by atoms with Gasteiger partial charge in [0, 0.05) is 17.7 Å². The minimum Gasteiger partial charge on any atom is -0.287 e. The fourth-order valence-corrected chi connectivity index (χ4v) is 2.94. The van der Waals surface area contributed by atoms with Crippen molar-refractivity contribution < 1.29 is 9.59 Å². The molecule has 0 N–H and O–H groups in total. The Bertz CT molecular complexity index is 444. The van der Waals surface area contributed by atoms with Crippen molar-refractivity contribution >= 4 is 34.6 Å². The van der Waals surface area contributed by atoms with Crippen molar-refractivity contribution in [1.29, 1.82) is 0 Å². The maximum Gasteiger partial charge on any atom is 0.194 e. The van der Waals surface area contributed by atoms with Crippen molar-refractivity contribution in [3.8, 4) is 0 Å². The lowest BCUT2D eigenvalue weighted by molar-refractivity contribution is -0.115. The number of thioether (sulfide) groups is 1. The number of carbonyl (C=O) groups is 2. The Labute approximate surface area is 131 Å². The van der Waals surface area contributed by atoms with Crippen molar-refractivity contribution in [2.24, 2.45) is 0 Å². The van der Waals surface area contributed by atoms with E-state index < -0.39 is 0 Å². The molecule has 0 radical (unpaired) electrons. The van der Waals surface area contributed by atoms with Gasteiger partial charge in [-0.2, -0.15) is 0 Å². The zero-order valence-corrected chi connectivity index (χ0v) is 13.6. The van der Waals surface area contributed by atoms with Crippen LogP contribution in [-0.4, -0.2) is 10.2 Å². The van der Waals surface area contributed by atoms with Gasteiger partial charge in [-0.25, -0.2) is 0 Å². The first-order valence-corrected chi connectivity index (χ1v) is 8.40. The molecule has 0 spiro atoms. The highest BCUT2D eigenvalue weighted by molar-refractivity contribution is 8.13. The van der Waals surface area contributed by atoms with Crippen LogP contribution in [0.1, 0.15) is 51.0 Å². The Morgan fingerprint density at radius 2 is 1.85 bits per heavy atom. The molecule has 2 nitrogen and oxygen atoms in total. The Kier molecular flexibility index (Phi) is 8.70. The zero-order chi connectivity index (χ0) is 14.8. The average molecular weight is 310 g/mol. The van der Waals surface area contributed by atoms with Gasteiger partial charge < -0.3 is 0 Å². The SMILES string of the molecule is CCCCCCc1ccccc1SC(=O)CCC(=O)S. The molecular formula is C16H22O2S2. The van der Waals surface area contributed by atoms with E-state index in [0.29, 0.717) is 0 Å². The van der Waals surface area contributed by atoms with Crippen LogP contribution in [-0.2, 0) is 16.0 Å². The zero-order valence-electron chi connectivity index (χ0n) is 11.9. The highest BCUT2D eigenvalue weighted by Crippen LogP contribution is 2.26. The smallest absolute Gasteiger partial charge is 0.194 e. The summed E-state index contributed by atoms with van der Waals surface area (Å²) in [6, 6.07) is 8.04. The highest BCUT2D eigenvalue weighted by Gasteiger charge is 2.09. The average Bonchev–Trinajstić information content (AvgIpc) is 2.43. The van der Waals surface area contributed by atoms with E-state index in [0.717, 1.165) is 17.7 Å². The molecule has 0 aromatic heterocycles. The fourth-order valence-electron chi connectivity index (χ4n) is 1.93. The quantitative estimate of drug-likeness (QED) is 0.409. The van der Waals surface area contributed by atoms with Gasteiger partial charge >= 0.3 is 0 Å². The molecule has 4 heteroatoms. The van der Waals surface area contributed by atoms with Gasteiger partial charge in [0.2, 0.25) is 0 Å². The number of unbranched alkanes of at least 4 members (excludes halogenated alkanes) is 3. The van der Waals surface area contributed by atoms with Crippen molar-refractivity contribution in [1.82, 2.24) is 0 Å². The topological polar surface area (TPSA) is 34.1 Å². The number of aryl methyl sites for hydroxylation is 1. The molecule has 1 aromatic carbocycles. The monoisotopic (exact) mass is 310 g/mol. The van der Waals surface area contributed by atoms with E-state index in [4.69, 9.17) is 0 Å². The van der Waals surface area contributed by atoms with Crippen LogP contribution in [0.2, 0.25) is 0 Å². The summed E-state index contributed by atoms with van der Waals surface area (Å²) >= 11 is 4.94. The van der Waals surface area contributed by atoms with Gasteiger partial charge in [0.05, 0.1) is 0 Å². The molecule has 0 saturated heterocycles. The number of rotatable bonds is 9. The summed E-state index contributed by atoms with van der Waals surface area (Å²) in [5.41, 5.74) is 1.24. The van der Waals surface area contributed by atoms with Crippen molar-refractivity contribution in [2.45, 2.75) is 56.8 Å². The maximum absolute atomic E-state index is 11.8. The van der Waals surface area contributed by atoms with E-state index in [2.05, 4.69) is 25.6 Å². The Morgan fingerprint density at radius 3 is 2.55 bits per heavy atom. The van der Waals surface area contributed by atoms with Crippen LogP contribution in [0.15, 0.2) is 29.2 Å². The molecule has 0 atom stereocenters. The summed E-state index contributed by atoms with van der Waals surface area (Å²) in [6.07, 6.45) is 6.38. The van der Waals surface area contributed by atoms with E-state index in [1.165, 1.54) is 36.6 Å². The van der Waals surface area contributed by atoms with Crippen LogP contribution in [0.25, 0.3) is 0 Å². The Morgan fingerprint density at radius 1 is 1.10 bits per heavy atom. The first-order chi connectivity index (χ1) is 9.63. The van der Waals surface area contributed by atoms with Crippen molar-refractivity contribution in [3.63, 3.8) is 0 Å². The molecule has 0 amide bonds. The third-order valence-corrected chi connectivity index (χ3v) is 4.31. The van der Waals surface area contributed by atoms with Gasteiger partial charge in [-0.1, -0.05) is 56.1 Å². The molecule has 0 heterocycles. The van der Waals surface area contributed by atoms with Gasteiger partial charge in [-0.3, -0.25) is 9.59 Å². The molecule has 0 bridgehead atoms. The summed E-state index contributed by atoms with van der Waals surface area (Å²) in [6.45, 7) is 2.20. The number of benzene rings is 1. The number of hydrogen-bond acceptors (Lipinski definition) is 3. The Balaban J connectivity index is 2.51. The molecule has 110 valence electrons. The van der Waals surface area contributed by atoms with Crippen LogP contribution >= 0.6 is 24.4 Å². The Hall–Kier alpha value is -0.740. The first kappa shape index (κ1) is 17.3. The first-order valence-electron chi connectivity index (χ1n) is 7.14. The predicted molar refractivity (Wildman–Crippen MR) is 88.4 cm³/mol. The normalized spacial score (nSPS) is 10.5. The summed E-state index contributed by atoms with van der Waals surface area (Å²) in [7, 11) is 0. The molecular weight excluding hydrogens is 288 g/mol. The minimum atomic E-state index is -0.230. The van der Waals surface area contributed by atoms with Gasteiger partial charge in [0.1, 0.15) is 0 Å². The molecule has 0 unspecified atom stereocenters. The number of carbonyl (C=O) groups excluding carboxylic acids is 2. The second kappa shape index (κ2) is 10.1. The second-order valence-electron chi connectivity index (χ2n) is 4.79. The molecule has 1 rings (SSSR count). The molecule has 0 aliphatic carbocycles. The van der Waals surface area contributed by atoms with Crippen LogP contribution < -0.4 is 0 Å². The van der Waals surface area contributed by atoms with Gasteiger partial charge in [-0.15, -0.1) is 12.6 Å². The van der Waals surface area contributed by atoms with Gasteiger partial charge in [0.25, 0.3) is 0 Å². The summed E-state index contributed by atoms with van der Waals surface area (Å²) in [5.74, 6) is 0. The van der Waals surface area contributed by atoms with Crippen LogP contribution in [0.5, 0.6) is 0 Å². The summed E-state index contributed by atoms with van der Waals surface area (Å²) in [4.78, 5) is 23.6. The van der Waals surface area contributed by atoms with Gasteiger partial charge in [0.15, 0.2) is 10.2 Å². The fraction of sp³-hybridized carbons (Fsp3) is 0.500. The minimum absolute atomic E-state index is 0.0356. The molecule has 0 aliphatic heterocycles. The second-order valence-corrected chi connectivity index (χ2v) is 6.38. The molecule has 1 aromatic rings. The van der Waals surface area contributed by atoms with Crippen LogP contribution in [0.4, 0.5) is 0 Å². The largest absolute Gasteiger partial charge is 0.287 e. The summed E-state index contributed by atoms with van der Waals surface area (Å²) in [5, 5.41) is -0.194. The third kappa shape index (κ3) is 7.15. The molecule has 0 fully saturated rings. The highest BCUT2D eigenvalue weighted by atomic mass is 32.2. The van der Waals surface area contributed by atoms with E-state index in [-0.39, 0.29) is 23.1 Å². The van der Waals surface area contributed by atoms with E-state index in [1.807, 2.05) is 18.2 Å². The number of thiol groups is 1. The lowest BCUT2D eigenvalue weighted by Crippen LogP contribution is -1.97. The van der Waals surface area contributed by atoms with Crippen LogP contribution in [0, 0.1) is 0 Å². The molecule has 0 aliphatic rings. The van der Waals surface area contributed by atoms with E-state index in [9.17, 15) is 9.59 Å². The summed E-state index contributed by atoms with van der Waals surface area (Å²) < 4.78 is 0. The number of hydrogen-bond donors (Lipinski definition) is 1. The van der Waals surface area contributed by atoms with Crippen molar-refractivity contribution in [3.05, 3.63) is 29.8 Å². The van der Waals surface area contributed by atoms with E-state index in [1.54, 1.807) is 0 Å². The van der Waals surface area contributed by atoms with Crippen molar-refractivity contribution in [2.75, 3.05) is 0 Å². The molecule has 20 heavy (non-hydrogen) atoms. The maximum atomic E-state index is 11.8. The lowest BCUT2D eigenvalue weighted by atomic mass is 10.1. The van der Waals surface area contributed by atoms with Crippen LogP contribution in [0.3, 0.4) is 0 Å². The standard InChI is InChI=1S/C16H22O2S2/c1-2-3-4-5-8-13-9-6-7-10-14(13)20-16(18)12-11-15(17)19/h6-7,9-10H,2-5,8,11-12H2,1H3,(H,17,19). The third-order valence-electron chi connectivity index (χ3n) is 3.04. The predicted octanol–water partition coefficient (Wildman–Crippen LogP) is 4.66. The lowest BCUT2D eigenvalue weighted by Gasteiger charge is -2.08. The molecule has 0 saturated carbocycles. The van der Waals surface area contributed by atoms with E-state index >= 15 is 0 Å². The van der Waals surface area contributed by atoms with Gasteiger partial charge in [-0.05, 0) is 24.5 Å².